The fraction of sp³-hybridized carbons (Fsp3) is 0.357. The number of nitrogens with zero attached hydrogens (tertiary/aromatic N) is 2. The monoisotopic (exact) mass is 290 g/mol. The summed E-state index contributed by atoms with van der Waals surface area (Å²) in [6, 6.07) is 9.89. The van der Waals surface area contributed by atoms with Gasteiger partial charge in [-0.05, 0) is 18.4 Å². The molecule has 1 aliphatic rings. The summed E-state index contributed by atoms with van der Waals surface area (Å²) in [5, 5.41) is 5.57. The van der Waals surface area contributed by atoms with Gasteiger partial charge in [0.05, 0.1) is 11.7 Å². The number of pyridine rings is 1. The normalized spacial score (nSPS) is 25.7. The van der Waals surface area contributed by atoms with Gasteiger partial charge < -0.3 is 9.87 Å². The van der Waals surface area contributed by atoms with Crippen LogP contribution in [-0.4, -0.2) is 37.2 Å². The predicted molar refractivity (Wildman–Crippen MR) is 77.6 cm³/mol. The Morgan fingerprint density at radius 1 is 1.40 bits per heavy atom. The molecule has 1 aliphatic heterocycles. The Kier molecular flexibility index (Phi) is 3.80. The van der Waals surface area contributed by atoms with E-state index in [0.29, 0.717) is 13.1 Å². The number of aromatic nitrogens is 1. The van der Waals surface area contributed by atoms with Crippen molar-refractivity contribution in [1.82, 2.24) is 14.6 Å². The summed E-state index contributed by atoms with van der Waals surface area (Å²) in [4.78, 5) is 4.46. The summed E-state index contributed by atoms with van der Waals surface area (Å²) in [5.74, 6) is 0. The maximum absolute atomic E-state index is 11.3. The summed E-state index contributed by atoms with van der Waals surface area (Å²) in [6.07, 6.45) is 1.77. The lowest BCUT2D eigenvalue weighted by molar-refractivity contribution is 0.230. The van der Waals surface area contributed by atoms with Crippen LogP contribution in [0.1, 0.15) is 18.7 Å². The molecule has 0 amide bonds. The molecule has 6 heteroatoms. The molecular weight excluding hydrogens is 274 g/mol. The highest BCUT2D eigenvalue weighted by molar-refractivity contribution is 7.76. The molecule has 1 unspecified atom stereocenters. The van der Waals surface area contributed by atoms with Crippen molar-refractivity contribution in [3.8, 4) is 0 Å². The van der Waals surface area contributed by atoms with E-state index in [9.17, 15) is 8.76 Å². The van der Waals surface area contributed by atoms with E-state index in [4.69, 9.17) is 0 Å². The Hall–Kier alpha value is -1.34. The fourth-order valence-corrected chi connectivity index (χ4v) is 3.29. The average molecular weight is 290 g/mol. The van der Waals surface area contributed by atoms with E-state index in [-0.39, 0.29) is 12.1 Å². The van der Waals surface area contributed by atoms with Crippen LogP contribution in [0.15, 0.2) is 36.5 Å². The number of rotatable bonds is 2. The minimum Gasteiger partial charge on any atom is -0.760 e. The van der Waals surface area contributed by atoms with Crippen molar-refractivity contribution in [2.75, 3.05) is 13.1 Å². The van der Waals surface area contributed by atoms with Crippen molar-refractivity contribution in [3.63, 3.8) is 0 Å². The molecule has 0 bridgehead atoms. The number of hydrogen-bond acceptors (Lipinski definition) is 4. The van der Waals surface area contributed by atoms with Gasteiger partial charge in [-0.3, -0.25) is 9.19 Å². The van der Waals surface area contributed by atoms with Gasteiger partial charge in [-0.1, -0.05) is 24.3 Å². The average Bonchev–Trinajstić information content (AvgIpc) is 2.47. The van der Waals surface area contributed by atoms with E-state index in [1.807, 2.05) is 37.3 Å². The first-order chi connectivity index (χ1) is 9.66. The van der Waals surface area contributed by atoms with E-state index < -0.39 is 11.3 Å². The quantitative estimate of drug-likeness (QED) is 0.848. The van der Waals surface area contributed by atoms with Gasteiger partial charge in [-0.2, -0.15) is 0 Å². The molecule has 1 aromatic heterocycles. The molecule has 0 saturated carbocycles. The van der Waals surface area contributed by atoms with Crippen LogP contribution in [0.3, 0.4) is 0 Å². The van der Waals surface area contributed by atoms with Crippen LogP contribution in [0, 0.1) is 0 Å². The summed E-state index contributed by atoms with van der Waals surface area (Å²) >= 11 is -2.19. The smallest absolute Gasteiger partial charge is 0.0664 e. The van der Waals surface area contributed by atoms with Crippen molar-refractivity contribution < 1.29 is 8.76 Å². The van der Waals surface area contributed by atoms with Crippen LogP contribution in [0.25, 0.3) is 10.8 Å². The van der Waals surface area contributed by atoms with Crippen LogP contribution in [0.2, 0.25) is 0 Å². The largest absolute Gasteiger partial charge is 0.760 e. The molecule has 0 aliphatic carbocycles. The van der Waals surface area contributed by atoms with Gasteiger partial charge in [0.15, 0.2) is 0 Å². The second-order valence-electron chi connectivity index (χ2n) is 5.04. The number of benzene rings is 1. The van der Waals surface area contributed by atoms with Gasteiger partial charge in [-0.25, -0.2) is 4.31 Å². The van der Waals surface area contributed by atoms with Crippen molar-refractivity contribution in [2.24, 2.45) is 0 Å². The molecule has 3 rings (SSSR count). The molecule has 1 aromatic carbocycles. The van der Waals surface area contributed by atoms with Gasteiger partial charge >= 0.3 is 0 Å². The van der Waals surface area contributed by atoms with Crippen molar-refractivity contribution in [1.29, 1.82) is 0 Å². The zero-order chi connectivity index (χ0) is 14.1. The maximum Gasteiger partial charge on any atom is 0.0664 e. The second-order valence-corrected chi connectivity index (χ2v) is 5.95. The first-order valence-electron chi connectivity index (χ1n) is 6.60. The summed E-state index contributed by atoms with van der Waals surface area (Å²) in [6.45, 7) is 2.94. The summed E-state index contributed by atoms with van der Waals surface area (Å²) in [5.41, 5.74) is 0.908. The lowest BCUT2D eigenvalue weighted by Crippen LogP contribution is -2.52. The predicted octanol–water partition coefficient (Wildman–Crippen LogP) is 1.36. The van der Waals surface area contributed by atoms with E-state index in [2.05, 4.69) is 10.3 Å². The molecular formula is C14H16N3O2S-. The molecule has 2 heterocycles. The third kappa shape index (κ3) is 2.47. The van der Waals surface area contributed by atoms with Gasteiger partial charge in [0.25, 0.3) is 0 Å². The van der Waals surface area contributed by atoms with Crippen LogP contribution in [0.5, 0.6) is 0 Å². The van der Waals surface area contributed by atoms with Crippen molar-refractivity contribution in [3.05, 3.63) is 42.2 Å². The molecule has 0 radical (unpaired) electrons. The molecule has 20 heavy (non-hydrogen) atoms. The Bertz CT molecular complexity index is 644. The van der Waals surface area contributed by atoms with Crippen LogP contribution in [-0.2, 0) is 11.3 Å². The zero-order valence-corrected chi connectivity index (χ0v) is 12.0. The standard InChI is InChI=1S/C14H17N3O2S/c1-10-8-16-13(9-17(10)20(18)19)14-12-5-3-2-4-11(12)6-7-15-14/h2-7,10,13,16H,8-9H2,1H3,(H,18,19)/p-1/t10-,13-/m0/s1. The third-order valence-corrected chi connectivity index (χ3v) is 4.63. The highest BCUT2D eigenvalue weighted by atomic mass is 32.2. The first-order valence-corrected chi connectivity index (χ1v) is 7.63. The number of fused-ring (bicyclic) bond motifs is 1. The van der Waals surface area contributed by atoms with Gasteiger partial charge in [-0.15, -0.1) is 0 Å². The SMILES string of the molecule is C[C@H]1CN[C@H](c2nccc3ccccc23)CN1S(=O)[O-]. The minimum atomic E-state index is -2.19. The van der Waals surface area contributed by atoms with Crippen LogP contribution in [0.4, 0.5) is 0 Å². The number of nitrogens with one attached hydrogen (secondary N) is 1. The molecule has 3 atom stereocenters. The van der Waals surface area contributed by atoms with Crippen LogP contribution >= 0.6 is 0 Å². The van der Waals surface area contributed by atoms with E-state index >= 15 is 0 Å². The van der Waals surface area contributed by atoms with Crippen LogP contribution < -0.4 is 5.32 Å². The lowest BCUT2D eigenvalue weighted by atomic mass is 10.0. The molecule has 106 valence electrons. The van der Waals surface area contributed by atoms with E-state index in [1.54, 1.807) is 6.20 Å². The molecule has 0 spiro atoms. The van der Waals surface area contributed by atoms with Crippen molar-refractivity contribution in [2.45, 2.75) is 19.0 Å². The van der Waals surface area contributed by atoms with E-state index in [1.165, 1.54) is 4.31 Å². The second kappa shape index (κ2) is 5.57. The molecule has 1 saturated heterocycles. The molecule has 5 nitrogen and oxygen atoms in total. The Balaban J connectivity index is 1.97. The molecule has 1 N–H and O–H groups in total. The highest BCUT2D eigenvalue weighted by Gasteiger charge is 2.28. The number of hydrogen-bond donors (Lipinski definition) is 1. The Morgan fingerprint density at radius 3 is 3.00 bits per heavy atom. The number of piperazine rings is 1. The Morgan fingerprint density at radius 2 is 2.20 bits per heavy atom. The van der Waals surface area contributed by atoms with E-state index in [0.717, 1.165) is 16.5 Å². The summed E-state index contributed by atoms with van der Waals surface area (Å²) in [7, 11) is 0. The maximum atomic E-state index is 11.3. The van der Waals surface area contributed by atoms with Gasteiger partial charge in [0.1, 0.15) is 0 Å². The highest BCUT2D eigenvalue weighted by Crippen LogP contribution is 2.25. The minimum absolute atomic E-state index is 0.0282. The zero-order valence-electron chi connectivity index (χ0n) is 11.2. The third-order valence-electron chi connectivity index (χ3n) is 3.74. The Labute approximate surface area is 120 Å². The topological polar surface area (TPSA) is 68.3 Å². The van der Waals surface area contributed by atoms with Gasteiger partial charge in [0.2, 0.25) is 0 Å². The lowest BCUT2D eigenvalue weighted by Gasteiger charge is -2.39. The van der Waals surface area contributed by atoms with Gasteiger partial charge in [0, 0.05) is 42.0 Å². The first kappa shape index (κ1) is 13.6. The van der Waals surface area contributed by atoms with Crippen molar-refractivity contribution >= 4 is 22.0 Å². The molecule has 2 aromatic rings. The summed E-state index contributed by atoms with van der Waals surface area (Å²) < 4.78 is 24.0. The fourth-order valence-electron chi connectivity index (χ4n) is 2.65. The molecule has 1 fully saturated rings.